The normalized spacial score (nSPS) is 15.0. The number of hydrogen-bond donors (Lipinski definition) is 1. The van der Waals surface area contributed by atoms with E-state index >= 15 is 0 Å². The van der Waals surface area contributed by atoms with Crippen LogP contribution in [0.3, 0.4) is 0 Å². The highest BCUT2D eigenvalue weighted by molar-refractivity contribution is 5.80. The molecular formula is C20H23N5O2. The Kier molecular flexibility index (Phi) is 5.71. The maximum atomic E-state index is 5.38. The zero-order valence-corrected chi connectivity index (χ0v) is 15.2. The van der Waals surface area contributed by atoms with Gasteiger partial charge in [-0.05, 0) is 36.7 Å². The Morgan fingerprint density at radius 2 is 1.93 bits per heavy atom. The molecule has 3 aromatic rings. The van der Waals surface area contributed by atoms with Crippen molar-refractivity contribution in [2.45, 2.75) is 6.42 Å². The molecule has 27 heavy (non-hydrogen) atoms. The van der Waals surface area contributed by atoms with Crippen molar-refractivity contribution in [3.05, 3.63) is 49.3 Å². The second-order valence-electron chi connectivity index (χ2n) is 6.44. The molecule has 0 radical (unpaired) electrons. The van der Waals surface area contributed by atoms with E-state index in [0.717, 1.165) is 68.2 Å². The van der Waals surface area contributed by atoms with Gasteiger partial charge in [0.05, 0.1) is 31.4 Å². The van der Waals surface area contributed by atoms with E-state index in [9.17, 15) is 0 Å². The lowest BCUT2D eigenvalue weighted by molar-refractivity contribution is 0.0378. The lowest BCUT2D eigenvalue weighted by Crippen LogP contribution is -2.37. The number of pyridine rings is 1. The molecule has 0 spiro atoms. The lowest BCUT2D eigenvalue weighted by Gasteiger charge is -2.26. The molecule has 0 saturated carbocycles. The molecule has 0 aliphatic carbocycles. The molecule has 0 unspecified atom stereocenters. The van der Waals surface area contributed by atoms with Crippen molar-refractivity contribution in [1.82, 2.24) is 19.9 Å². The summed E-state index contributed by atoms with van der Waals surface area (Å²) in [5, 5.41) is 3.34. The monoisotopic (exact) mass is 365 g/mol. The fourth-order valence-corrected chi connectivity index (χ4v) is 3.16. The first-order valence-electron chi connectivity index (χ1n) is 9.24. The van der Waals surface area contributed by atoms with E-state index in [0.29, 0.717) is 5.95 Å². The molecule has 3 aromatic heterocycles. The molecule has 0 atom stereocenters. The number of rotatable bonds is 7. The molecule has 0 bridgehead atoms. The number of aromatic nitrogens is 3. The summed E-state index contributed by atoms with van der Waals surface area (Å²) >= 11 is 0. The molecule has 0 amide bonds. The minimum Gasteiger partial charge on any atom is -0.472 e. The first kappa shape index (κ1) is 17.6. The maximum Gasteiger partial charge on any atom is 0.223 e. The molecule has 1 N–H and O–H groups in total. The van der Waals surface area contributed by atoms with Gasteiger partial charge in [-0.25, -0.2) is 9.97 Å². The van der Waals surface area contributed by atoms with Crippen molar-refractivity contribution in [2.24, 2.45) is 0 Å². The maximum absolute atomic E-state index is 5.38. The molecule has 1 aliphatic rings. The molecule has 7 nitrogen and oxygen atoms in total. The Balaban J connectivity index is 1.45. The van der Waals surface area contributed by atoms with Gasteiger partial charge in [0, 0.05) is 49.4 Å². The SMILES string of the molecule is c1cc(-c2cnc(NCCCN3CCOCC3)nc2-c2ccoc2)ccn1. The second kappa shape index (κ2) is 8.75. The van der Waals surface area contributed by atoms with Crippen molar-refractivity contribution in [1.29, 1.82) is 0 Å². The van der Waals surface area contributed by atoms with Crippen LogP contribution in [-0.2, 0) is 4.74 Å². The average Bonchev–Trinajstić information content (AvgIpc) is 3.27. The van der Waals surface area contributed by atoms with Gasteiger partial charge in [0.2, 0.25) is 5.95 Å². The van der Waals surface area contributed by atoms with Gasteiger partial charge < -0.3 is 14.5 Å². The molecule has 7 heteroatoms. The van der Waals surface area contributed by atoms with Gasteiger partial charge in [0.15, 0.2) is 0 Å². The minimum absolute atomic E-state index is 0.631. The summed E-state index contributed by atoms with van der Waals surface area (Å²) in [7, 11) is 0. The summed E-state index contributed by atoms with van der Waals surface area (Å²) in [4.78, 5) is 15.8. The molecule has 4 heterocycles. The Morgan fingerprint density at radius 3 is 2.70 bits per heavy atom. The summed E-state index contributed by atoms with van der Waals surface area (Å²) in [5.74, 6) is 0.631. The van der Waals surface area contributed by atoms with Crippen LogP contribution in [0.5, 0.6) is 0 Å². The fourth-order valence-electron chi connectivity index (χ4n) is 3.16. The van der Waals surface area contributed by atoms with Crippen LogP contribution < -0.4 is 5.32 Å². The topological polar surface area (TPSA) is 76.3 Å². The number of nitrogens with zero attached hydrogens (tertiary/aromatic N) is 4. The molecule has 140 valence electrons. The number of ether oxygens (including phenoxy) is 1. The predicted molar refractivity (Wildman–Crippen MR) is 103 cm³/mol. The van der Waals surface area contributed by atoms with E-state index in [4.69, 9.17) is 14.1 Å². The minimum atomic E-state index is 0.631. The smallest absolute Gasteiger partial charge is 0.223 e. The quantitative estimate of drug-likeness (QED) is 0.645. The first-order chi connectivity index (χ1) is 13.4. The van der Waals surface area contributed by atoms with Gasteiger partial charge in [0.1, 0.15) is 0 Å². The van der Waals surface area contributed by atoms with Gasteiger partial charge >= 0.3 is 0 Å². The van der Waals surface area contributed by atoms with Gasteiger partial charge in [-0.3, -0.25) is 9.88 Å². The Labute approximate surface area is 158 Å². The fraction of sp³-hybridized carbons (Fsp3) is 0.350. The van der Waals surface area contributed by atoms with Crippen LogP contribution in [0.1, 0.15) is 6.42 Å². The van der Waals surface area contributed by atoms with Gasteiger partial charge in [-0.2, -0.15) is 0 Å². The number of anilines is 1. The van der Waals surface area contributed by atoms with Crippen LogP contribution in [0, 0.1) is 0 Å². The first-order valence-corrected chi connectivity index (χ1v) is 9.24. The lowest BCUT2D eigenvalue weighted by atomic mass is 10.0. The van der Waals surface area contributed by atoms with Crippen molar-refractivity contribution in [3.8, 4) is 22.4 Å². The van der Waals surface area contributed by atoms with E-state index in [1.54, 1.807) is 24.9 Å². The van der Waals surface area contributed by atoms with Gasteiger partial charge in [-0.1, -0.05) is 0 Å². The van der Waals surface area contributed by atoms with Crippen LogP contribution in [0.15, 0.2) is 53.7 Å². The van der Waals surface area contributed by atoms with E-state index in [1.165, 1.54) is 0 Å². The predicted octanol–water partition coefficient (Wildman–Crippen LogP) is 2.93. The number of morpholine rings is 1. The van der Waals surface area contributed by atoms with E-state index in [1.807, 2.05) is 24.4 Å². The Bertz CT molecular complexity index is 833. The van der Waals surface area contributed by atoms with Crippen LogP contribution >= 0.6 is 0 Å². The summed E-state index contributed by atoms with van der Waals surface area (Å²) in [6.07, 6.45) is 9.79. The average molecular weight is 365 g/mol. The van der Waals surface area contributed by atoms with Crippen LogP contribution in [0.25, 0.3) is 22.4 Å². The zero-order chi connectivity index (χ0) is 18.3. The van der Waals surface area contributed by atoms with Crippen molar-refractivity contribution >= 4 is 5.95 Å². The third-order valence-corrected chi connectivity index (χ3v) is 4.61. The Morgan fingerprint density at radius 1 is 1.07 bits per heavy atom. The van der Waals surface area contributed by atoms with Crippen molar-refractivity contribution in [3.63, 3.8) is 0 Å². The van der Waals surface area contributed by atoms with E-state index in [2.05, 4.69) is 20.2 Å². The van der Waals surface area contributed by atoms with Crippen molar-refractivity contribution < 1.29 is 9.15 Å². The largest absolute Gasteiger partial charge is 0.472 e. The molecule has 4 rings (SSSR count). The molecule has 1 saturated heterocycles. The third kappa shape index (κ3) is 4.50. The van der Waals surface area contributed by atoms with Gasteiger partial charge in [0.25, 0.3) is 0 Å². The van der Waals surface area contributed by atoms with Crippen LogP contribution in [-0.4, -0.2) is 59.2 Å². The van der Waals surface area contributed by atoms with Crippen LogP contribution in [0.2, 0.25) is 0 Å². The number of hydrogen-bond acceptors (Lipinski definition) is 7. The van der Waals surface area contributed by atoms with E-state index in [-0.39, 0.29) is 0 Å². The zero-order valence-electron chi connectivity index (χ0n) is 15.2. The summed E-state index contributed by atoms with van der Waals surface area (Å²) in [6.45, 7) is 5.59. The highest BCUT2D eigenvalue weighted by Crippen LogP contribution is 2.30. The van der Waals surface area contributed by atoms with Crippen LogP contribution in [0.4, 0.5) is 5.95 Å². The molecule has 0 aromatic carbocycles. The van der Waals surface area contributed by atoms with Gasteiger partial charge in [-0.15, -0.1) is 0 Å². The molecule has 1 aliphatic heterocycles. The second-order valence-corrected chi connectivity index (χ2v) is 6.44. The highest BCUT2D eigenvalue weighted by atomic mass is 16.5. The standard InChI is InChI=1S/C20H23N5O2/c1(8-25-9-12-26-13-10-25)5-22-20-23-14-18(16-2-6-21-7-3-16)19(24-20)17-4-11-27-15-17/h2-4,6-7,11,14-15H,1,5,8-10,12-13H2,(H,22,23,24). The Hall–Kier alpha value is -2.77. The summed E-state index contributed by atoms with van der Waals surface area (Å²) in [5.41, 5.74) is 3.76. The van der Waals surface area contributed by atoms with E-state index < -0.39 is 0 Å². The highest BCUT2D eigenvalue weighted by Gasteiger charge is 2.13. The summed E-state index contributed by atoms with van der Waals surface area (Å²) in [6, 6.07) is 5.82. The van der Waals surface area contributed by atoms with Crippen molar-refractivity contribution in [2.75, 3.05) is 44.7 Å². The third-order valence-electron chi connectivity index (χ3n) is 4.61. The molecular weight excluding hydrogens is 342 g/mol. The summed E-state index contributed by atoms with van der Waals surface area (Å²) < 4.78 is 10.6. The number of furan rings is 1. The number of nitrogens with one attached hydrogen (secondary N) is 1. The molecule has 1 fully saturated rings.